The van der Waals surface area contributed by atoms with Gasteiger partial charge in [-0.2, -0.15) is 5.10 Å². The number of aryl methyl sites for hydroxylation is 1. The SMILES string of the molecule is COc1cc(C=NNC(=O)CNc2ccc(C)cc2)ccc1OC(=O)c1ccc(Br)cc1. The topological polar surface area (TPSA) is 89.0 Å². The van der Waals surface area contributed by atoms with E-state index in [2.05, 4.69) is 31.8 Å². The summed E-state index contributed by atoms with van der Waals surface area (Å²) in [4.78, 5) is 24.3. The van der Waals surface area contributed by atoms with Gasteiger partial charge in [-0.05, 0) is 67.1 Å². The van der Waals surface area contributed by atoms with E-state index in [9.17, 15) is 9.59 Å². The highest BCUT2D eigenvalue weighted by atomic mass is 79.9. The number of ether oxygens (including phenoxy) is 2. The van der Waals surface area contributed by atoms with Crippen molar-refractivity contribution in [3.63, 3.8) is 0 Å². The van der Waals surface area contributed by atoms with E-state index in [0.717, 1.165) is 15.7 Å². The molecule has 0 atom stereocenters. The Bertz CT molecular complexity index is 1110. The van der Waals surface area contributed by atoms with Crippen LogP contribution in [0.25, 0.3) is 0 Å². The molecule has 0 fully saturated rings. The standard InChI is InChI=1S/C24H22BrN3O4/c1-16-3-10-20(11-4-16)26-15-23(29)28-27-14-17-5-12-21(22(13-17)31-2)32-24(30)18-6-8-19(25)9-7-18/h3-14,26H,15H2,1-2H3,(H,28,29). The van der Waals surface area contributed by atoms with Gasteiger partial charge in [0.25, 0.3) is 5.91 Å². The molecule has 3 rings (SSSR count). The van der Waals surface area contributed by atoms with Crippen LogP contribution in [0.2, 0.25) is 0 Å². The van der Waals surface area contributed by atoms with E-state index in [4.69, 9.17) is 9.47 Å². The van der Waals surface area contributed by atoms with Gasteiger partial charge >= 0.3 is 5.97 Å². The van der Waals surface area contributed by atoms with E-state index in [1.165, 1.54) is 13.3 Å². The van der Waals surface area contributed by atoms with Gasteiger partial charge in [-0.1, -0.05) is 33.6 Å². The first-order valence-electron chi connectivity index (χ1n) is 9.73. The molecule has 0 heterocycles. The molecule has 164 valence electrons. The lowest BCUT2D eigenvalue weighted by Crippen LogP contribution is -2.25. The van der Waals surface area contributed by atoms with Gasteiger partial charge in [0.15, 0.2) is 11.5 Å². The molecule has 7 nitrogen and oxygen atoms in total. The van der Waals surface area contributed by atoms with E-state index in [-0.39, 0.29) is 18.2 Å². The number of nitrogens with one attached hydrogen (secondary N) is 2. The summed E-state index contributed by atoms with van der Waals surface area (Å²) in [5.41, 5.74) is 5.55. The Kier molecular flexibility index (Phi) is 7.99. The first kappa shape index (κ1) is 23.0. The summed E-state index contributed by atoms with van der Waals surface area (Å²) < 4.78 is 11.6. The first-order chi connectivity index (χ1) is 15.4. The van der Waals surface area contributed by atoms with Crippen LogP contribution in [-0.2, 0) is 4.79 Å². The van der Waals surface area contributed by atoms with E-state index < -0.39 is 5.97 Å². The van der Waals surface area contributed by atoms with E-state index in [1.807, 2.05) is 31.2 Å². The summed E-state index contributed by atoms with van der Waals surface area (Å²) in [7, 11) is 1.48. The summed E-state index contributed by atoms with van der Waals surface area (Å²) in [5, 5.41) is 6.98. The second-order valence-electron chi connectivity index (χ2n) is 6.82. The van der Waals surface area contributed by atoms with Crippen LogP contribution in [0.4, 0.5) is 5.69 Å². The third-order valence-corrected chi connectivity index (χ3v) is 4.91. The zero-order chi connectivity index (χ0) is 22.9. The Hall–Kier alpha value is -3.65. The number of hydrazone groups is 1. The van der Waals surface area contributed by atoms with Gasteiger partial charge in [-0.3, -0.25) is 4.79 Å². The third-order valence-electron chi connectivity index (χ3n) is 4.38. The number of anilines is 1. The number of halogens is 1. The molecule has 2 N–H and O–H groups in total. The lowest BCUT2D eigenvalue weighted by Gasteiger charge is -2.10. The summed E-state index contributed by atoms with van der Waals surface area (Å²) in [6.07, 6.45) is 1.48. The highest BCUT2D eigenvalue weighted by Gasteiger charge is 2.13. The lowest BCUT2D eigenvalue weighted by molar-refractivity contribution is -0.119. The molecule has 0 unspecified atom stereocenters. The third kappa shape index (κ3) is 6.68. The average Bonchev–Trinajstić information content (AvgIpc) is 2.80. The molecule has 8 heteroatoms. The van der Waals surface area contributed by atoms with Crippen molar-refractivity contribution in [3.8, 4) is 11.5 Å². The van der Waals surface area contributed by atoms with Gasteiger partial charge in [0.05, 0.1) is 25.4 Å². The molecule has 1 amide bonds. The first-order valence-corrected chi connectivity index (χ1v) is 10.5. The molecular weight excluding hydrogens is 474 g/mol. The zero-order valence-corrected chi connectivity index (χ0v) is 19.2. The highest BCUT2D eigenvalue weighted by molar-refractivity contribution is 9.10. The van der Waals surface area contributed by atoms with Crippen molar-refractivity contribution in [2.75, 3.05) is 19.0 Å². The summed E-state index contributed by atoms with van der Waals surface area (Å²) >= 11 is 3.33. The number of nitrogens with zero attached hydrogens (tertiary/aromatic N) is 1. The van der Waals surface area contributed by atoms with Crippen LogP contribution in [0.1, 0.15) is 21.5 Å². The molecule has 0 aromatic heterocycles. The van der Waals surface area contributed by atoms with Crippen LogP contribution in [-0.4, -0.2) is 31.7 Å². The number of rotatable bonds is 8. The fraction of sp³-hybridized carbons (Fsp3) is 0.125. The van der Waals surface area contributed by atoms with E-state index in [0.29, 0.717) is 16.9 Å². The molecule has 0 aliphatic carbocycles. The molecule has 0 aliphatic heterocycles. The number of benzene rings is 3. The van der Waals surface area contributed by atoms with Gasteiger partial charge in [0.2, 0.25) is 0 Å². The van der Waals surface area contributed by atoms with Crippen molar-refractivity contribution in [3.05, 3.63) is 87.9 Å². The fourth-order valence-electron chi connectivity index (χ4n) is 2.67. The number of carbonyl (C=O) groups excluding carboxylic acids is 2. The van der Waals surface area contributed by atoms with Crippen molar-refractivity contribution < 1.29 is 19.1 Å². The van der Waals surface area contributed by atoms with Crippen molar-refractivity contribution in [2.45, 2.75) is 6.92 Å². The van der Waals surface area contributed by atoms with Crippen LogP contribution < -0.4 is 20.2 Å². The average molecular weight is 496 g/mol. The summed E-state index contributed by atoms with van der Waals surface area (Å²) in [6.45, 7) is 2.09. The zero-order valence-electron chi connectivity index (χ0n) is 17.6. The van der Waals surface area contributed by atoms with Gasteiger partial charge in [-0.15, -0.1) is 0 Å². The molecule has 0 saturated heterocycles. The monoisotopic (exact) mass is 495 g/mol. The maximum Gasteiger partial charge on any atom is 0.343 e. The molecule has 0 bridgehead atoms. The van der Waals surface area contributed by atoms with Crippen LogP contribution >= 0.6 is 15.9 Å². The minimum Gasteiger partial charge on any atom is -0.493 e. The van der Waals surface area contributed by atoms with Crippen molar-refractivity contribution in [1.29, 1.82) is 0 Å². The van der Waals surface area contributed by atoms with Gasteiger partial charge in [-0.25, -0.2) is 10.2 Å². The normalized spacial score (nSPS) is 10.6. The predicted octanol–water partition coefficient (Wildman–Crippen LogP) is 4.55. The molecule has 0 radical (unpaired) electrons. The molecule has 32 heavy (non-hydrogen) atoms. The largest absolute Gasteiger partial charge is 0.493 e. The maximum absolute atomic E-state index is 12.3. The fourth-order valence-corrected chi connectivity index (χ4v) is 2.93. The lowest BCUT2D eigenvalue weighted by atomic mass is 10.2. The summed E-state index contributed by atoms with van der Waals surface area (Å²) in [6, 6.07) is 19.6. The van der Waals surface area contributed by atoms with E-state index >= 15 is 0 Å². The minimum absolute atomic E-state index is 0.0919. The maximum atomic E-state index is 12.3. The van der Waals surface area contributed by atoms with Crippen LogP contribution in [0.3, 0.4) is 0 Å². The van der Waals surface area contributed by atoms with Crippen LogP contribution in [0.5, 0.6) is 11.5 Å². The molecule has 3 aromatic rings. The van der Waals surface area contributed by atoms with E-state index in [1.54, 1.807) is 42.5 Å². The number of esters is 1. The predicted molar refractivity (Wildman–Crippen MR) is 127 cm³/mol. The van der Waals surface area contributed by atoms with Gasteiger partial charge in [0.1, 0.15) is 0 Å². The van der Waals surface area contributed by atoms with Gasteiger partial charge < -0.3 is 14.8 Å². The Morgan fingerprint density at radius 1 is 1.00 bits per heavy atom. The second-order valence-corrected chi connectivity index (χ2v) is 7.74. The smallest absolute Gasteiger partial charge is 0.343 e. The molecule has 0 spiro atoms. The van der Waals surface area contributed by atoms with Crippen molar-refractivity contribution in [2.24, 2.45) is 5.10 Å². The van der Waals surface area contributed by atoms with Gasteiger partial charge in [0, 0.05) is 10.2 Å². The Morgan fingerprint density at radius 3 is 2.41 bits per heavy atom. The van der Waals surface area contributed by atoms with Crippen molar-refractivity contribution in [1.82, 2.24) is 5.43 Å². The van der Waals surface area contributed by atoms with Crippen LogP contribution in [0, 0.1) is 6.92 Å². The molecular formula is C24H22BrN3O4. The molecule has 0 saturated carbocycles. The quantitative estimate of drug-likeness (QED) is 0.207. The molecule has 3 aromatic carbocycles. The summed E-state index contributed by atoms with van der Waals surface area (Å²) in [5.74, 6) is -0.130. The minimum atomic E-state index is -0.495. The second kappa shape index (κ2) is 11.1. The number of carbonyl (C=O) groups is 2. The number of hydrogen-bond donors (Lipinski definition) is 2. The Labute approximate surface area is 194 Å². The van der Waals surface area contributed by atoms with Crippen LogP contribution in [0.15, 0.2) is 76.3 Å². The number of methoxy groups -OCH3 is 1. The Balaban J connectivity index is 1.55. The van der Waals surface area contributed by atoms with Crippen molar-refractivity contribution >= 4 is 39.7 Å². The highest BCUT2D eigenvalue weighted by Crippen LogP contribution is 2.28. The Morgan fingerprint density at radius 2 is 1.72 bits per heavy atom. The molecule has 0 aliphatic rings. The number of hydrogen-bond acceptors (Lipinski definition) is 6. The number of amides is 1.